The molecule has 1 aromatic rings. The molecule has 0 aliphatic carbocycles. The Morgan fingerprint density at radius 1 is 1.44 bits per heavy atom. The van der Waals surface area contributed by atoms with Crippen LogP contribution in [0.25, 0.3) is 0 Å². The van der Waals surface area contributed by atoms with Crippen LogP contribution in [-0.4, -0.2) is 11.7 Å². The van der Waals surface area contributed by atoms with Gasteiger partial charge in [0.2, 0.25) is 0 Å². The molecule has 0 radical (unpaired) electrons. The molecule has 0 saturated heterocycles. The van der Waals surface area contributed by atoms with Crippen LogP contribution in [-0.2, 0) is 0 Å². The third-order valence-electron chi connectivity index (χ3n) is 2.33. The first-order valence-corrected chi connectivity index (χ1v) is 5.94. The largest absolute Gasteiger partial charge is 0.359 e. The summed E-state index contributed by atoms with van der Waals surface area (Å²) >= 11 is 5.06. The van der Waals surface area contributed by atoms with Gasteiger partial charge >= 0.3 is 0 Å². The molecule has 18 heavy (non-hydrogen) atoms. The lowest BCUT2D eigenvalue weighted by Crippen LogP contribution is -2.37. The summed E-state index contributed by atoms with van der Waals surface area (Å²) in [7, 11) is 0. The highest BCUT2D eigenvalue weighted by atomic mass is 32.1. The SMILES string of the molecule is C=C(C)CNC(=S)N[C@@H](C)c1ccc(F)cc1F. The van der Waals surface area contributed by atoms with E-state index in [1.54, 1.807) is 6.92 Å². The van der Waals surface area contributed by atoms with Gasteiger partial charge in [0.25, 0.3) is 0 Å². The minimum atomic E-state index is -0.591. The molecule has 1 rings (SSSR count). The molecule has 0 spiro atoms. The predicted molar refractivity (Wildman–Crippen MR) is 73.3 cm³/mol. The zero-order chi connectivity index (χ0) is 13.7. The Balaban J connectivity index is 2.62. The fourth-order valence-corrected chi connectivity index (χ4v) is 1.66. The molecule has 5 heteroatoms. The van der Waals surface area contributed by atoms with Crippen LogP contribution in [0.15, 0.2) is 30.4 Å². The van der Waals surface area contributed by atoms with Crippen molar-refractivity contribution in [1.29, 1.82) is 0 Å². The quantitative estimate of drug-likeness (QED) is 0.649. The molecule has 0 aromatic heterocycles. The fourth-order valence-electron chi connectivity index (χ4n) is 1.41. The molecule has 0 aliphatic rings. The van der Waals surface area contributed by atoms with Crippen molar-refractivity contribution in [3.8, 4) is 0 Å². The maximum absolute atomic E-state index is 13.5. The fraction of sp³-hybridized carbons (Fsp3) is 0.308. The topological polar surface area (TPSA) is 24.1 Å². The molecule has 0 amide bonds. The third kappa shape index (κ3) is 4.41. The Morgan fingerprint density at radius 2 is 2.11 bits per heavy atom. The number of nitrogens with one attached hydrogen (secondary N) is 2. The van der Waals surface area contributed by atoms with Crippen LogP contribution < -0.4 is 10.6 Å². The molecule has 1 aromatic carbocycles. The lowest BCUT2D eigenvalue weighted by atomic mass is 10.1. The number of hydrogen-bond donors (Lipinski definition) is 2. The standard InChI is InChI=1S/C13H16F2N2S/c1-8(2)7-16-13(18)17-9(3)11-5-4-10(14)6-12(11)15/h4-6,9H,1,7H2,2-3H3,(H2,16,17,18)/t9-/m0/s1. The van der Waals surface area contributed by atoms with E-state index in [4.69, 9.17) is 12.2 Å². The summed E-state index contributed by atoms with van der Waals surface area (Å²) in [6, 6.07) is 3.15. The summed E-state index contributed by atoms with van der Waals surface area (Å²) in [5, 5.41) is 6.28. The van der Waals surface area contributed by atoms with Crippen LogP contribution in [0.2, 0.25) is 0 Å². The summed E-state index contributed by atoms with van der Waals surface area (Å²) in [5.41, 5.74) is 1.32. The number of thiocarbonyl (C=S) groups is 1. The lowest BCUT2D eigenvalue weighted by Gasteiger charge is -2.18. The van der Waals surface area contributed by atoms with Crippen molar-refractivity contribution in [3.05, 3.63) is 47.5 Å². The van der Waals surface area contributed by atoms with Gasteiger partial charge < -0.3 is 10.6 Å². The van der Waals surface area contributed by atoms with Gasteiger partial charge in [0.1, 0.15) is 11.6 Å². The summed E-state index contributed by atoms with van der Waals surface area (Å²) in [5.74, 6) is -1.18. The van der Waals surface area contributed by atoms with E-state index >= 15 is 0 Å². The van der Waals surface area contributed by atoms with Gasteiger partial charge in [-0.1, -0.05) is 18.2 Å². The second-order valence-electron chi connectivity index (χ2n) is 4.17. The van der Waals surface area contributed by atoms with Crippen LogP contribution >= 0.6 is 12.2 Å². The van der Waals surface area contributed by atoms with Crippen molar-refractivity contribution in [2.24, 2.45) is 0 Å². The summed E-state index contributed by atoms with van der Waals surface area (Å²) < 4.78 is 26.3. The van der Waals surface area contributed by atoms with Crippen LogP contribution in [0.4, 0.5) is 8.78 Å². The Morgan fingerprint density at radius 3 is 2.67 bits per heavy atom. The van der Waals surface area contributed by atoms with E-state index in [0.29, 0.717) is 17.2 Å². The van der Waals surface area contributed by atoms with Gasteiger partial charge in [0.05, 0.1) is 6.04 Å². The normalized spacial score (nSPS) is 11.8. The Bertz CT molecular complexity index is 460. The Hall–Kier alpha value is -1.49. The molecule has 98 valence electrons. The van der Waals surface area contributed by atoms with E-state index in [0.717, 1.165) is 11.6 Å². The minimum Gasteiger partial charge on any atom is -0.359 e. The molecule has 0 saturated carbocycles. The molecule has 0 heterocycles. The van der Waals surface area contributed by atoms with Crippen molar-refractivity contribution < 1.29 is 8.78 Å². The van der Waals surface area contributed by atoms with E-state index in [2.05, 4.69) is 17.2 Å². The minimum absolute atomic E-state index is 0.337. The van der Waals surface area contributed by atoms with E-state index in [1.807, 2.05) is 6.92 Å². The lowest BCUT2D eigenvalue weighted by molar-refractivity contribution is 0.552. The summed E-state index contributed by atoms with van der Waals surface area (Å²) in [4.78, 5) is 0. The molecule has 0 bridgehead atoms. The number of benzene rings is 1. The first-order valence-electron chi connectivity index (χ1n) is 5.54. The van der Waals surface area contributed by atoms with Crippen LogP contribution in [0, 0.1) is 11.6 Å². The second kappa shape index (κ2) is 6.44. The molecular weight excluding hydrogens is 254 g/mol. The first-order chi connectivity index (χ1) is 8.40. The van der Waals surface area contributed by atoms with Crippen molar-refractivity contribution in [2.75, 3.05) is 6.54 Å². The van der Waals surface area contributed by atoms with Gasteiger partial charge in [-0.05, 0) is 32.1 Å². The smallest absolute Gasteiger partial charge is 0.167 e. The van der Waals surface area contributed by atoms with Gasteiger partial charge in [-0.25, -0.2) is 8.78 Å². The van der Waals surface area contributed by atoms with E-state index in [9.17, 15) is 8.78 Å². The van der Waals surface area contributed by atoms with Gasteiger partial charge in [0.15, 0.2) is 5.11 Å². The van der Waals surface area contributed by atoms with Crippen LogP contribution in [0.1, 0.15) is 25.5 Å². The number of halogens is 2. The molecular formula is C13H16F2N2S. The summed E-state index contributed by atoms with van der Waals surface area (Å²) in [6.45, 7) is 7.93. The molecule has 2 N–H and O–H groups in total. The third-order valence-corrected chi connectivity index (χ3v) is 2.59. The highest BCUT2D eigenvalue weighted by Crippen LogP contribution is 2.17. The monoisotopic (exact) mass is 270 g/mol. The highest BCUT2D eigenvalue weighted by Gasteiger charge is 2.12. The van der Waals surface area contributed by atoms with E-state index in [1.165, 1.54) is 12.1 Å². The van der Waals surface area contributed by atoms with Gasteiger partial charge in [-0.3, -0.25) is 0 Å². The average Bonchev–Trinajstić information content (AvgIpc) is 2.26. The Kier molecular flexibility index (Phi) is 5.22. The zero-order valence-corrected chi connectivity index (χ0v) is 11.2. The molecule has 0 fully saturated rings. The zero-order valence-electron chi connectivity index (χ0n) is 10.4. The average molecular weight is 270 g/mol. The maximum atomic E-state index is 13.5. The Labute approximate surface area is 111 Å². The first kappa shape index (κ1) is 14.6. The predicted octanol–water partition coefficient (Wildman–Crippen LogP) is 3.07. The van der Waals surface area contributed by atoms with Crippen molar-refractivity contribution in [3.63, 3.8) is 0 Å². The van der Waals surface area contributed by atoms with Crippen LogP contribution in [0.3, 0.4) is 0 Å². The molecule has 0 unspecified atom stereocenters. The number of hydrogen-bond acceptors (Lipinski definition) is 1. The van der Waals surface area contributed by atoms with Gasteiger partial charge in [0, 0.05) is 18.2 Å². The second-order valence-corrected chi connectivity index (χ2v) is 4.58. The highest BCUT2D eigenvalue weighted by molar-refractivity contribution is 7.80. The van der Waals surface area contributed by atoms with E-state index in [-0.39, 0.29) is 6.04 Å². The van der Waals surface area contributed by atoms with Crippen LogP contribution in [0.5, 0.6) is 0 Å². The van der Waals surface area contributed by atoms with Crippen molar-refractivity contribution >= 4 is 17.3 Å². The van der Waals surface area contributed by atoms with E-state index < -0.39 is 11.6 Å². The van der Waals surface area contributed by atoms with Crippen molar-refractivity contribution in [1.82, 2.24) is 10.6 Å². The molecule has 1 atom stereocenters. The van der Waals surface area contributed by atoms with Gasteiger partial charge in [-0.2, -0.15) is 0 Å². The van der Waals surface area contributed by atoms with Crippen molar-refractivity contribution in [2.45, 2.75) is 19.9 Å². The van der Waals surface area contributed by atoms with Gasteiger partial charge in [-0.15, -0.1) is 0 Å². The maximum Gasteiger partial charge on any atom is 0.167 e. The molecule has 0 aliphatic heterocycles. The summed E-state index contributed by atoms with van der Waals surface area (Å²) in [6.07, 6.45) is 0. The number of rotatable bonds is 4. The molecule has 2 nitrogen and oxygen atoms in total.